The lowest BCUT2D eigenvalue weighted by molar-refractivity contribution is 0.0972. The molecule has 1 aliphatic rings. The van der Waals surface area contributed by atoms with Gasteiger partial charge in [0.05, 0.1) is 17.9 Å². The number of anilines is 3. The second-order valence-electron chi connectivity index (χ2n) is 7.55. The van der Waals surface area contributed by atoms with E-state index in [2.05, 4.69) is 30.6 Å². The number of carbonyl (C=O) groups is 1. The lowest BCUT2D eigenvalue weighted by atomic mass is 10.0. The summed E-state index contributed by atoms with van der Waals surface area (Å²) in [5.41, 5.74) is 3.85. The van der Waals surface area contributed by atoms with Crippen LogP contribution in [0.2, 0.25) is 0 Å². The quantitative estimate of drug-likeness (QED) is 0.468. The van der Waals surface area contributed by atoms with E-state index in [-0.39, 0.29) is 11.9 Å². The molecule has 4 aromatic rings. The van der Waals surface area contributed by atoms with Gasteiger partial charge < -0.3 is 15.6 Å². The third-order valence-electron chi connectivity index (χ3n) is 5.35. The van der Waals surface area contributed by atoms with Crippen molar-refractivity contribution in [3.63, 3.8) is 0 Å². The van der Waals surface area contributed by atoms with Crippen molar-refractivity contribution in [2.75, 3.05) is 15.5 Å². The largest absolute Gasteiger partial charge is 0.363 e. The number of hydrogen-bond donors (Lipinski definition) is 3. The molecule has 9 heteroatoms. The number of amides is 1. The van der Waals surface area contributed by atoms with Gasteiger partial charge in [-0.1, -0.05) is 12.1 Å². The Morgan fingerprint density at radius 3 is 2.87 bits per heavy atom. The number of rotatable bonds is 4. The zero-order valence-corrected chi connectivity index (χ0v) is 16.9. The van der Waals surface area contributed by atoms with Gasteiger partial charge in [-0.05, 0) is 49.7 Å². The smallest absolute Gasteiger partial charge is 0.262 e. The lowest BCUT2D eigenvalue weighted by Gasteiger charge is -2.41. The molecule has 8 nitrogen and oxygen atoms in total. The highest BCUT2D eigenvalue weighted by molar-refractivity contribution is 6.12. The molecule has 2 aromatic heterocycles. The van der Waals surface area contributed by atoms with E-state index in [1.54, 1.807) is 17.3 Å². The molecule has 156 valence electrons. The average molecular weight is 417 g/mol. The maximum atomic E-state index is 13.9. The van der Waals surface area contributed by atoms with Crippen LogP contribution < -0.4 is 15.5 Å². The molecule has 0 saturated heterocycles. The SMILES string of the molecule is Cc1cccc(N2C(=O)c3cc(F)ccc3NC2[C@H](C)Nc2ncnc3nc[nH]c23)c1. The lowest BCUT2D eigenvalue weighted by Crippen LogP contribution is -2.56. The molecular weight excluding hydrogens is 397 g/mol. The van der Waals surface area contributed by atoms with Crippen LogP contribution in [-0.4, -0.2) is 38.1 Å². The maximum Gasteiger partial charge on any atom is 0.262 e. The summed E-state index contributed by atoms with van der Waals surface area (Å²) < 4.78 is 13.9. The van der Waals surface area contributed by atoms with E-state index in [1.165, 1.54) is 18.5 Å². The first-order chi connectivity index (χ1) is 15.0. The van der Waals surface area contributed by atoms with Gasteiger partial charge in [-0.3, -0.25) is 9.69 Å². The average Bonchev–Trinajstić information content (AvgIpc) is 3.24. The summed E-state index contributed by atoms with van der Waals surface area (Å²) in [6, 6.07) is 11.6. The van der Waals surface area contributed by atoms with Crippen LogP contribution in [0.4, 0.5) is 21.6 Å². The van der Waals surface area contributed by atoms with Crippen LogP contribution in [0.3, 0.4) is 0 Å². The molecule has 2 atom stereocenters. The molecule has 0 bridgehead atoms. The van der Waals surface area contributed by atoms with Gasteiger partial charge in [0, 0.05) is 11.4 Å². The summed E-state index contributed by atoms with van der Waals surface area (Å²) in [5, 5.41) is 6.76. The standard InChI is InChI=1S/C22H20FN7O/c1-12-4-3-5-15(8-12)30-21(29-17-7-6-14(23)9-16(17)22(30)31)13(2)28-20-18-19(25-10-24-18)26-11-27-20/h3-11,13,21,29H,1-2H3,(H2,24,25,26,27,28)/t13-,21?/m0/s1. The first-order valence-electron chi connectivity index (χ1n) is 9.88. The number of aryl methyl sites for hydroxylation is 1. The molecular formula is C22H20FN7O. The van der Waals surface area contributed by atoms with Crippen LogP contribution in [0.5, 0.6) is 0 Å². The van der Waals surface area contributed by atoms with Gasteiger partial charge in [0.2, 0.25) is 0 Å². The van der Waals surface area contributed by atoms with Crippen LogP contribution in [0, 0.1) is 12.7 Å². The van der Waals surface area contributed by atoms with Crippen LogP contribution >= 0.6 is 0 Å². The van der Waals surface area contributed by atoms with Crippen LogP contribution in [0.1, 0.15) is 22.8 Å². The topological polar surface area (TPSA) is 98.8 Å². The number of aromatic nitrogens is 4. The molecule has 3 N–H and O–H groups in total. The minimum absolute atomic E-state index is 0.271. The first kappa shape index (κ1) is 19.0. The Bertz CT molecular complexity index is 1290. The van der Waals surface area contributed by atoms with Gasteiger partial charge in [-0.2, -0.15) is 0 Å². The summed E-state index contributed by atoms with van der Waals surface area (Å²) in [4.78, 5) is 30.8. The Hall–Kier alpha value is -4.01. The first-order valence-corrected chi connectivity index (χ1v) is 9.88. The van der Waals surface area contributed by atoms with Crippen molar-refractivity contribution in [2.24, 2.45) is 0 Å². The van der Waals surface area contributed by atoms with E-state index in [0.717, 1.165) is 11.3 Å². The van der Waals surface area contributed by atoms with E-state index in [4.69, 9.17) is 0 Å². The molecule has 1 amide bonds. The molecule has 0 saturated carbocycles. The number of nitrogens with zero attached hydrogens (tertiary/aromatic N) is 4. The van der Waals surface area contributed by atoms with Crippen molar-refractivity contribution in [1.82, 2.24) is 19.9 Å². The zero-order valence-electron chi connectivity index (χ0n) is 16.9. The molecule has 2 aromatic carbocycles. The second-order valence-corrected chi connectivity index (χ2v) is 7.55. The molecule has 31 heavy (non-hydrogen) atoms. The summed E-state index contributed by atoms with van der Waals surface area (Å²) in [6.07, 6.45) is 2.54. The Balaban J connectivity index is 1.56. The van der Waals surface area contributed by atoms with Gasteiger partial charge in [0.1, 0.15) is 23.8 Å². The molecule has 5 rings (SSSR count). The molecule has 0 fully saturated rings. The van der Waals surface area contributed by atoms with Gasteiger partial charge in [-0.15, -0.1) is 0 Å². The number of imidazole rings is 1. The molecule has 3 heterocycles. The third-order valence-corrected chi connectivity index (χ3v) is 5.35. The van der Waals surface area contributed by atoms with Crippen LogP contribution in [-0.2, 0) is 0 Å². The predicted octanol–water partition coefficient (Wildman–Crippen LogP) is 3.70. The predicted molar refractivity (Wildman–Crippen MR) is 117 cm³/mol. The Morgan fingerprint density at radius 2 is 2.03 bits per heavy atom. The van der Waals surface area contributed by atoms with E-state index in [0.29, 0.717) is 28.2 Å². The van der Waals surface area contributed by atoms with Crippen LogP contribution in [0.25, 0.3) is 11.2 Å². The second kappa shape index (κ2) is 7.35. The summed E-state index contributed by atoms with van der Waals surface area (Å²) in [6.45, 7) is 3.91. The Labute approximate surface area is 177 Å². The molecule has 0 aliphatic carbocycles. The number of nitrogens with one attached hydrogen (secondary N) is 3. The number of benzene rings is 2. The molecule has 0 radical (unpaired) electrons. The van der Waals surface area contributed by atoms with Gasteiger partial charge in [0.25, 0.3) is 5.91 Å². The highest BCUT2D eigenvalue weighted by Gasteiger charge is 2.37. The monoisotopic (exact) mass is 417 g/mol. The fraction of sp³-hybridized carbons (Fsp3) is 0.182. The normalized spacial score (nSPS) is 16.7. The minimum Gasteiger partial charge on any atom is -0.363 e. The highest BCUT2D eigenvalue weighted by atomic mass is 19.1. The van der Waals surface area contributed by atoms with Crippen molar-refractivity contribution in [1.29, 1.82) is 0 Å². The Morgan fingerprint density at radius 1 is 1.16 bits per heavy atom. The summed E-state index contributed by atoms with van der Waals surface area (Å²) in [7, 11) is 0. The number of carbonyl (C=O) groups excluding carboxylic acids is 1. The number of fused-ring (bicyclic) bond motifs is 2. The van der Waals surface area contributed by atoms with Crippen molar-refractivity contribution < 1.29 is 9.18 Å². The van der Waals surface area contributed by atoms with E-state index in [1.807, 2.05) is 38.1 Å². The number of halogens is 1. The number of H-pyrrole nitrogens is 1. The minimum atomic E-state index is -0.458. The number of aromatic amines is 1. The van der Waals surface area contributed by atoms with E-state index < -0.39 is 12.0 Å². The van der Waals surface area contributed by atoms with E-state index >= 15 is 0 Å². The molecule has 0 spiro atoms. The fourth-order valence-electron chi connectivity index (χ4n) is 3.87. The fourth-order valence-corrected chi connectivity index (χ4v) is 3.87. The summed E-state index contributed by atoms with van der Waals surface area (Å²) >= 11 is 0. The zero-order chi connectivity index (χ0) is 21.5. The number of hydrogen-bond acceptors (Lipinski definition) is 6. The molecule has 1 aliphatic heterocycles. The highest BCUT2D eigenvalue weighted by Crippen LogP contribution is 2.32. The van der Waals surface area contributed by atoms with E-state index in [9.17, 15) is 9.18 Å². The van der Waals surface area contributed by atoms with Crippen molar-refractivity contribution >= 4 is 34.3 Å². The molecule has 1 unspecified atom stereocenters. The van der Waals surface area contributed by atoms with Gasteiger partial charge in [-0.25, -0.2) is 19.3 Å². The Kier molecular flexibility index (Phi) is 4.50. The maximum absolute atomic E-state index is 13.9. The van der Waals surface area contributed by atoms with Crippen molar-refractivity contribution in [3.8, 4) is 0 Å². The van der Waals surface area contributed by atoms with Crippen molar-refractivity contribution in [2.45, 2.75) is 26.1 Å². The van der Waals surface area contributed by atoms with Crippen molar-refractivity contribution in [3.05, 3.63) is 72.1 Å². The summed E-state index contributed by atoms with van der Waals surface area (Å²) in [5.74, 6) is -0.143. The van der Waals surface area contributed by atoms with Gasteiger partial charge >= 0.3 is 0 Å². The third kappa shape index (κ3) is 3.33. The van der Waals surface area contributed by atoms with Crippen LogP contribution in [0.15, 0.2) is 55.1 Å². The van der Waals surface area contributed by atoms with Gasteiger partial charge in [0.15, 0.2) is 11.5 Å².